The second-order valence-electron chi connectivity index (χ2n) is 32.4. The highest BCUT2D eigenvalue weighted by Crippen LogP contribution is 2.63. The predicted molar refractivity (Wildman–Crippen MR) is 332 cm³/mol. The molecular formula is C70H112O19. The van der Waals surface area contributed by atoms with Crippen molar-refractivity contribution in [3.8, 4) is 11.5 Å². The predicted octanol–water partition coefficient (Wildman–Crippen LogP) is 12.3. The van der Waals surface area contributed by atoms with Gasteiger partial charge in [-0.3, -0.25) is 28.8 Å². The minimum Gasteiger partial charge on any atom is -0.481 e. The number of esters is 5. The van der Waals surface area contributed by atoms with Gasteiger partial charge in [-0.15, -0.1) is 0 Å². The maximum Gasteiger partial charge on any atom is 0.312 e. The van der Waals surface area contributed by atoms with Crippen molar-refractivity contribution in [3.05, 3.63) is 23.8 Å². The number of carboxylic acid groups (broad SMARTS) is 1. The van der Waals surface area contributed by atoms with Crippen LogP contribution in [0.3, 0.4) is 0 Å². The highest BCUT2D eigenvalue weighted by Gasteiger charge is 2.64. The minimum absolute atomic E-state index is 0.0108. The molecule has 0 saturated carbocycles. The molecule has 14 unspecified atom stereocenters. The molecule has 4 fully saturated rings. The Kier molecular flexibility index (Phi) is 22.8. The van der Waals surface area contributed by atoms with Crippen molar-refractivity contribution in [2.45, 2.75) is 278 Å². The zero-order chi connectivity index (χ0) is 66.9. The molecule has 2 N–H and O–H groups in total. The van der Waals surface area contributed by atoms with Gasteiger partial charge in [-0.1, -0.05) is 136 Å². The van der Waals surface area contributed by atoms with Crippen LogP contribution in [0.4, 0.5) is 0 Å². The van der Waals surface area contributed by atoms with Crippen molar-refractivity contribution in [2.24, 2.45) is 60.1 Å². The summed E-state index contributed by atoms with van der Waals surface area (Å²) in [7, 11) is 0. The van der Waals surface area contributed by atoms with Gasteiger partial charge in [-0.25, -0.2) is 0 Å². The molecule has 89 heavy (non-hydrogen) atoms. The average molecular weight is 1260 g/mol. The zero-order valence-corrected chi connectivity index (χ0v) is 57.9. The lowest BCUT2D eigenvalue weighted by molar-refractivity contribution is -0.193. The summed E-state index contributed by atoms with van der Waals surface area (Å²) in [6.45, 7) is 40.0. The van der Waals surface area contributed by atoms with Crippen LogP contribution in [0.15, 0.2) is 18.2 Å². The number of benzene rings is 1. The third kappa shape index (κ3) is 15.9. The van der Waals surface area contributed by atoms with Crippen LogP contribution in [0.2, 0.25) is 0 Å². The number of rotatable bonds is 30. The van der Waals surface area contributed by atoms with Gasteiger partial charge in [-0.05, 0) is 130 Å². The number of carbonyl (C=O) groups is 6. The first-order valence-corrected chi connectivity index (χ1v) is 32.7. The van der Waals surface area contributed by atoms with Gasteiger partial charge in [-0.2, -0.15) is 0 Å². The number of hydrogen-bond donors (Lipinski definition) is 2. The summed E-state index contributed by atoms with van der Waals surface area (Å²) in [5.41, 5.74) is -11.1. The number of unbranched alkanes of at least 4 members (excludes halogenated alkanes) is 3. The number of aliphatic hydroxyl groups is 1. The molecule has 5 aliphatic rings. The number of carboxylic acids is 1. The number of aliphatic carboxylic acids is 1. The van der Waals surface area contributed by atoms with Gasteiger partial charge in [0.25, 0.3) is 0 Å². The minimum atomic E-state index is -1.64. The Hall–Kier alpha value is -4.56. The Morgan fingerprint density at radius 1 is 0.573 bits per heavy atom. The summed E-state index contributed by atoms with van der Waals surface area (Å²) in [4.78, 5) is 88.9. The summed E-state index contributed by atoms with van der Waals surface area (Å²) in [5.74, 6) is -3.59. The lowest BCUT2D eigenvalue weighted by Crippen LogP contribution is -2.57. The van der Waals surface area contributed by atoms with Gasteiger partial charge >= 0.3 is 35.8 Å². The largest absolute Gasteiger partial charge is 0.481 e. The average Bonchev–Trinajstić information content (AvgIpc) is 1.50. The fourth-order valence-electron chi connectivity index (χ4n) is 14.6. The lowest BCUT2D eigenvalue weighted by Gasteiger charge is -2.55. The summed E-state index contributed by atoms with van der Waals surface area (Å²) in [6, 6.07) is 5.39. The fourth-order valence-corrected chi connectivity index (χ4v) is 14.6. The van der Waals surface area contributed by atoms with Crippen LogP contribution in [0.25, 0.3) is 0 Å². The third-order valence-electron chi connectivity index (χ3n) is 21.8. The molecular weight excluding hydrogens is 1140 g/mol. The van der Waals surface area contributed by atoms with E-state index in [0.29, 0.717) is 23.5 Å². The van der Waals surface area contributed by atoms with Crippen molar-refractivity contribution in [1.82, 2.24) is 0 Å². The highest BCUT2D eigenvalue weighted by molar-refractivity contribution is 5.82. The molecule has 6 rings (SSSR count). The molecule has 506 valence electrons. The molecule has 1 aromatic carbocycles. The molecule has 5 aliphatic heterocycles. The Bertz CT molecular complexity index is 2660. The van der Waals surface area contributed by atoms with Gasteiger partial charge in [0, 0.05) is 6.42 Å². The monoisotopic (exact) mass is 1260 g/mol. The van der Waals surface area contributed by atoms with Crippen molar-refractivity contribution in [3.63, 3.8) is 0 Å². The second-order valence-corrected chi connectivity index (χ2v) is 32.4. The van der Waals surface area contributed by atoms with Crippen molar-refractivity contribution in [2.75, 3.05) is 33.2 Å². The quantitative estimate of drug-likeness (QED) is 0.0413. The highest BCUT2D eigenvalue weighted by atomic mass is 16.7. The molecule has 19 heteroatoms. The Morgan fingerprint density at radius 3 is 1.61 bits per heavy atom. The smallest absolute Gasteiger partial charge is 0.312 e. The molecule has 1 aromatic rings. The van der Waals surface area contributed by atoms with Crippen LogP contribution in [-0.4, -0.2) is 134 Å². The van der Waals surface area contributed by atoms with Crippen molar-refractivity contribution in [1.29, 1.82) is 0 Å². The number of carbonyl (C=O) groups excluding carboxylic acids is 5. The first-order valence-electron chi connectivity index (χ1n) is 32.7. The van der Waals surface area contributed by atoms with E-state index < -0.39 is 151 Å². The van der Waals surface area contributed by atoms with Crippen LogP contribution in [0.5, 0.6) is 11.5 Å². The number of fused-ring (bicyclic) bond motifs is 3. The van der Waals surface area contributed by atoms with E-state index in [4.69, 9.17) is 52.1 Å². The number of aliphatic hydroxyl groups excluding tert-OH is 1. The number of ether oxygens (including phenoxy) is 11. The van der Waals surface area contributed by atoms with Crippen LogP contribution >= 0.6 is 0 Å². The van der Waals surface area contributed by atoms with Gasteiger partial charge in [0.1, 0.15) is 37.1 Å². The molecule has 19 nitrogen and oxygen atoms in total. The summed E-state index contributed by atoms with van der Waals surface area (Å²) in [5, 5.41) is 22.1. The topological polar surface area (TPSA) is 244 Å². The van der Waals surface area contributed by atoms with Gasteiger partial charge in [0.05, 0.1) is 60.1 Å². The summed E-state index contributed by atoms with van der Waals surface area (Å²) < 4.78 is 67.1. The van der Waals surface area contributed by atoms with Crippen molar-refractivity contribution < 1.29 is 91.1 Å². The summed E-state index contributed by atoms with van der Waals surface area (Å²) in [6.07, 6.45) is -2.04. The lowest BCUT2D eigenvalue weighted by atomic mass is 9.48. The van der Waals surface area contributed by atoms with E-state index in [0.717, 1.165) is 25.7 Å². The SMILES string of the molecule is CCCCCCC(C)OC(=O)C(CC(C)(C)C(C)(CC(C)(C)C(C)(CC(C)(C)C(C)(CC(C)(C)C)C(=O)O)C(=O)OC1COC2C(OC(=O)CC)COC12)C(=O)OC1COC2C(O)COC12)C(C)(C)CC(C)(C(=O)OCc1ccc2c(c1)OCO2)C(C)(C)C. The maximum absolute atomic E-state index is 16.1. The molecule has 5 heterocycles. The molecule has 0 aliphatic carbocycles. The standard InChI is InChI=1S/C70H112O19/c1-22-24-25-26-27-42(3)86-56(73)44(63(10,11)38-68(19,62(7,8)9)58(76)83-32-43-28-29-46-47(30-43)85-41-84-46)31-64(12,13)69(20,59(77)88-49-35-80-52-45(71)33-79-53(49)52)40-66(16,17)70(21,39-65(14,15)67(18,57(74)75)37-61(4,5)6)60(78)89-50-36-82-54-48(34-81-55(50)54)87-51(72)23-2/h28-30,42,44-45,48-50,52-55,71H,22-27,31-41H2,1-21H3,(H,74,75). The van der Waals surface area contributed by atoms with E-state index in [2.05, 4.69) is 6.92 Å². The van der Waals surface area contributed by atoms with Gasteiger partial charge in [0.2, 0.25) is 6.79 Å². The molecule has 0 bridgehead atoms. The fraction of sp³-hybridized carbons (Fsp3) is 0.829. The first-order chi connectivity index (χ1) is 40.9. The Labute approximate surface area is 531 Å². The van der Waals surface area contributed by atoms with Crippen LogP contribution in [-0.2, 0) is 78.0 Å². The van der Waals surface area contributed by atoms with Gasteiger partial charge in [0.15, 0.2) is 29.8 Å². The third-order valence-corrected chi connectivity index (χ3v) is 21.8. The summed E-state index contributed by atoms with van der Waals surface area (Å²) >= 11 is 0. The first kappa shape index (κ1) is 73.5. The van der Waals surface area contributed by atoms with Crippen molar-refractivity contribution >= 4 is 35.8 Å². The van der Waals surface area contributed by atoms with E-state index in [1.165, 1.54) is 0 Å². The van der Waals surface area contributed by atoms with Crippen LogP contribution < -0.4 is 9.47 Å². The Balaban J connectivity index is 1.47. The zero-order valence-electron chi connectivity index (χ0n) is 57.9. The van der Waals surface area contributed by atoms with Gasteiger partial charge < -0.3 is 62.3 Å². The molecule has 14 atom stereocenters. The Morgan fingerprint density at radius 2 is 1.08 bits per heavy atom. The molecule has 0 aromatic heterocycles. The van der Waals surface area contributed by atoms with E-state index in [9.17, 15) is 24.6 Å². The van der Waals surface area contributed by atoms with E-state index in [-0.39, 0.29) is 78.4 Å². The van der Waals surface area contributed by atoms with Crippen LogP contribution in [0.1, 0.15) is 222 Å². The normalized spacial score (nSPS) is 26.3. The molecule has 0 spiro atoms. The van der Waals surface area contributed by atoms with E-state index >= 15 is 14.4 Å². The van der Waals surface area contributed by atoms with E-state index in [1.807, 2.05) is 117 Å². The molecule has 4 saturated heterocycles. The second kappa shape index (κ2) is 27.6. The molecule has 0 radical (unpaired) electrons. The maximum atomic E-state index is 16.1. The molecule has 0 amide bonds. The number of hydrogen-bond acceptors (Lipinski definition) is 18. The van der Waals surface area contributed by atoms with Crippen LogP contribution in [0, 0.1) is 60.1 Å². The van der Waals surface area contributed by atoms with E-state index in [1.54, 1.807) is 39.8 Å².